The van der Waals surface area contributed by atoms with E-state index < -0.39 is 63.6 Å². The topological polar surface area (TPSA) is 129 Å². The zero-order chi connectivity index (χ0) is 37.1. The quantitative estimate of drug-likeness (QED) is 0.196. The highest BCUT2D eigenvalue weighted by Crippen LogP contribution is 2.65. The predicted molar refractivity (Wildman–Crippen MR) is 183 cm³/mol. The molecule has 10 nitrogen and oxygen atoms in total. The lowest BCUT2D eigenvalue weighted by Crippen LogP contribution is -2.53. The lowest BCUT2D eigenvalue weighted by atomic mass is 9.49. The molecule has 272 valence electrons. The number of ether oxygens (including phenoxy) is 1. The molecule has 3 fully saturated rings. The summed E-state index contributed by atoms with van der Waals surface area (Å²) in [6.45, 7) is 1.74. The number of rotatable bonds is 9. The molecule has 15 heteroatoms. The maximum Gasteiger partial charge on any atom is 0.417 e. The van der Waals surface area contributed by atoms with E-state index in [9.17, 15) is 32.7 Å². The first-order valence-corrected chi connectivity index (χ1v) is 17.6. The Morgan fingerprint density at radius 3 is 2.42 bits per heavy atom. The molecule has 52 heavy (non-hydrogen) atoms. The van der Waals surface area contributed by atoms with Gasteiger partial charge in [0.2, 0.25) is 11.8 Å². The van der Waals surface area contributed by atoms with Crippen LogP contribution < -0.4 is 10.2 Å². The van der Waals surface area contributed by atoms with Crippen LogP contribution in [0.4, 0.5) is 19.0 Å². The molecule has 2 N–H and O–H groups in total. The number of hydrazine groups is 1. The second kappa shape index (κ2) is 13.5. The minimum atomic E-state index is -4.74. The fourth-order valence-electron chi connectivity index (χ4n) is 8.64. The maximum atomic E-state index is 15.3. The molecule has 2 saturated heterocycles. The SMILES string of the molecule is CCCN1C(=O)C2CC=C3C(CC4C(=O)N(Nc5ncc(C(F)(F)F)cc5Cl)C(=O)C4(c4ccc(Cl)cc4)C3c3ccccc3OCCO)C2C1=O. The molecule has 2 aliphatic carbocycles. The van der Waals surface area contributed by atoms with Crippen molar-refractivity contribution in [1.29, 1.82) is 0 Å². The number of fused-ring (bicyclic) bond motifs is 4. The van der Waals surface area contributed by atoms with E-state index in [1.54, 1.807) is 48.5 Å². The first-order chi connectivity index (χ1) is 24.8. The molecular formula is C37H33Cl2F3N4O6. The molecular weight excluding hydrogens is 724 g/mol. The number of halogens is 5. The van der Waals surface area contributed by atoms with Crippen molar-refractivity contribution < 1.29 is 42.2 Å². The average molecular weight is 758 g/mol. The number of likely N-dealkylation sites (tertiary alicyclic amines) is 1. The first kappa shape index (κ1) is 35.9. The van der Waals surface area contributed by atoms with Crippen molar-refractivity contribution in [3.8, 4) is 5.75 Å². The third-order valence-corrected chi connectivity index (χ3v) is 11.2. The van der Waals surface area contributed by atoms with Crippen molar-refractivity contribution in [3.05, 3.63) is 99.2 Å². The number of aliphatic hydroxyl groups excluding tert-OH is 1. The molecule has 7 rings (SSSR count). The largest absolute Gasteiger partial charge is 0.491 e. The Hall–Kier alpha value is -4.46. The summed E-state index contributed by atoms with van der Waals surface area (Å²) in [6, 6.07) is 14.0. The van der Waals surface area contributed by atoms with Gasteiger partial charge in [0.25, 0.3) is 11.8 Å². The molecule has 4 amide bonds. The minimum Gasteiger partial charge on any atom is -0.491 e. The van der Waals surface area contributed by atoms with Crippen LogP contribution in [0, 0.1) is 23.7 Å². The molecule has 0 bridgehead atoms. The maximum absolute atomic E-state index is 15.3. The summed E-state index contributed by atoms with van der Waals surface area (Å²) >= 11 is 12.6. The minimum absolute atomic E-state index is 0.00169. The van der Waals surface area contributed by atoms with E-state index in [2.05, 4.69) is 10.4 Å². The number of carbonyl (C=O) groups is 4. The van der Waals surface area contributed by atoms with Crippen LogP contribution in [-0.4, -0.2) is 63.4 Å². The van der Waals surface area contributed by atoms with Crippen molar-refractivity contribution in [1.82, 2.24) is 14.9 Å². The molecule has 4 aliphatic rings. The number of aromatic nitrogens is 1. The van der Waals surface area contributed by atoms with Gasteiger partial charge in [-0.2, -0.15) is 18.2 Å². The number of hydrogen-bond acceptors (Lipinski definition) is 8. The van der Waals surface area contributed by atoms with Gasteiger partial charge in [-0.15, -0.1) is 0 Å². The molecule has 0 spiro atoms. The van der Waals surface area contributed by atoms with E-state index in [1.165, 1.54) is 4.90 Å². The van der Waals surface area contributed by atoms with Crippen molar-refractivity contribution in [2.24, 2.45) is 23.7 Å². The van der Waals surface area contributed by atoms with Crippen LogP contribution in [0.2, 0.25) is 10.0 Å². The highest BCUT2D eigenvalue weighted by Gasteiger charge is 2.70. The van der Waals surface area contributed by atoms with Gasteiger partial charge in [-0.1, -0.05) is 72.1 Å². The fourth-order valence-corrected chi connectivity index (χ4v) is 8.98. The monoisotopic (exact) mass is 756 g/mol. The Balaban J connectivity index is 1.44. The Kier molecular flexibility index (Phi) is 9.33. The summed E-state index contributed by atoms with van der Waals surface area (Å²) in [7, 11) is 0. The molecule has 0 radical (unpaired) electrons. The van der Waals surface area contributed by atoms with Crippen LogP contribution in [0.1, 0.15) is 48.8 Å². The van der Waals surface area contributed by atoms with Crippen molar-refractivity contribution in [2.75, 3.05) is 25.2 Å². The van der Waals surface area contributed by atoms with Gasteiger partial charge in [0.1, 0.15) is 12.4 Å². The van der Waals surface area contributed by atoms with Gasteiger partial charge in [-0.3, -0.25) is 29.5 Å². The van der Waals surface area contributed by atoms with Crippen molar-refractivity contribution >= 4 is 52.6 Å². The van der Waals surface area contributed by atoms with Gasteiger partial charge < -0.3 is 9.84 Å². The zero-order valence-corrected chi connectivity index (χ0v) is 29.2. The third kappa shape index (κ3) is 5.55. The number of hydrogen-bond donors (Lipinski definition) is 2. The predicted octanol–water partition coefficient (Wildman–Crippen LogP) is 6.17. The van der Waals surface area contributed by atoms with Gasteiger partial charge >= 0.3 is 6.18 Å². The number of para-hydroxylation sites is 1. The highest BCUT2D eigenvalue weighted by molar-refractivity contribution is 6.33. The van der Waals surface area contributed by atoms with Crippen LogP contribution >= 0.6 is 23.2 Å². The van der Waals surface area contributed by atoms with Crippen LogP contribution in [0.15, 0.2) is 72.4 Å². The number of imide groups is 2. The van der Waals surface area contributed by atoms with Crippen LogP contribution in [-0.2, 0) is 30.8 Å². The zero-order valence-electron chi connectivity index (χ0n) is 27.7. The molecule has 3 heterocycles. The van der Waals surface area contributed by atoms with E-state index in [0.717, 1.165) is 5.01 Å². The van der Waals surface area contributed by atoms with Crippen molar-refractivity contribution in [2.45, 2.75) is 43.7 Å². The highest BCUT2D eigenvalue weighted by atomic mass is 35.5. The standard InChI is InChI=1S/C37H33Cl2F3N4O6/c1-2-13-45-32(48)24-12-11-22-25(29(24)34(45)50)17-26-33(49)46(44-31-27(39)16-20(18-43-31)37(40,41)42)35(51)36(26,19-7-9-21(38)10-8-19)30(22)23-5-3-4-6-28(23)52-15-14-47/h3-11,16,18,24-26,29-30,47H,2,12-15,17H2,1H3,(H,43,44). The Labute approximate surface area is 306 Å². The van der Waals surface area contributed by atoms with Crippen LogP contribution in [0.5, 0.6) is 5.75 Å². The van der Waals surface area contributed by atoms with Gasteiger partial charge in [-0.05, 0) is 55.0 Å². The number of aliphatic hydroxyl groups is 1. The van der Waals surface area contributed by atoms with Crippen molar-refractivity contribution in [3.63, 3.8) is 0 Å². The van der Waals surface area contributed by atoms with E-state index in [1.807, 2.05) is 13.0 Å². The number of pyridine rings is 1. The summed E-state index contributed by atoms with van der Waals surface area (Å²) in [5.74, 6) is -6.26. The Bertz CT molecular complexity index is 1990. The van der Waals surface area contributed by atoms with Gasteiger partial charge in [0.05, 0.1) is 40.4 Å². The average Bonchev–Trinajstić information content (AvgIpc) is 3.49. The molecule has 3 aromatic rings. The molecule has 6 atom stereocenters. The smallest absolute Gasteiger partial charge is 0.417 e. The van der Waals surface area contributed by atoms with E-state index in [0.29, 0.717) is 46.2 Å². The number of benzene rings is 2. The Morgan fingerprint density at radius 2 is 1.75 bits per heavy atom. The molecule has 6 unspecified atom stereocenters. The Morgan fingerprint density at radius 1 is 1.02 bits per heavy atom. The summed E-state index contributed by atoms with van der Waals surface area (Å²) in [4.78, 5) is 62.8. The number of amides is 4. The summed E-state index contributed by atoms with van der Waals surface area (Å²) in [5.41, 5.74) is 1.39. The van der Waals surface area contributed by atoms with Gasteiger partial charge in [-0.25, -0.2) is 4.98 Å². The number of anilines is 1. The summed E-state index contributed by atoms with van der Waals surface area (Å²) in [6.07, 6.45) is -1.50. The van der Waals surface area contributed by atoms with E-state index in [4.69, 9.17) is 27.9 Å². The first-order valence-electron chi connectivity index (χ1n) is 16.9. The second-order valence-electron chi connectivity index (χ2n) is 13.4. The fraction of sp³-hybridized carbons (Fsp3) is 0.378. The number of allylic oxidation sites excluding steroid dienone is 2. The lowest BCUT2D eigenvalue weighted by Gasteiger charge is -2.50. The molecule has 2 aromatic carbocycles. The summed E-state index contributed by atoms with van der Waals surface area (Å²) < 4.78 is 46.3. The normalized spacial score (nSPS) is 27.0. The van der Waals surface area contributed by atoms with Crippen LogP contribution in [0.3, 0.4) is 0 Å². The van der Waals surface area contributed by atoms with Crippen LogP contribution in [0.25, 0.3) is 0 Å². The number of nitrogens with zero attached hydrogens (tertiary/aromatic N) is 3. The molecule has 2 aliphatic heterocycles. The summed E-state index contributed by atoms with van der Waals surface area (Å²) in [5, 5.41) is 10.3. The van der Waals surface area contributed by atoms with E-state index in [-0.39, 0.29) is 50.2 Å². The number of nitrogens with one attached hydrogen (secondary N) is 1. The molecule has 1 saturated carbocycles. The number of alkyl halides is 3. The molecule has 1 aromatic heterocycles. The van der Waals surface area contributed by atoms with Gasteiger partial charge in [0, 0.05) is 29.2 Å². The van der Waals surface area contributed by atoms with E-state index >= 15 is 4.79 Å². The second-order valence-corrected chi connectivity index (χ2v) is 14.2. The lowest BCUT2D eigenvalue weighted by molar-refractivity contribution is -0.141. The number of carbonyl (C=O) groups excluding carboxylic acids is 4. The van der Waals surface area contributed by atoms with Gasteiger partial charge in [0.15, 0.2) is 5.82 Å². The third-order valence-electron chi connectivity index (χ3n) is 10.7.